The van der Waals surface area contributed by atoms with Gasteiger partial charge >= 0.3 is 8.56 Å². The lowest BCUT2D eigenvalue weighted by molar-refractivity contribution is 0.367. The van der Waals surface area contributed by atoms with E-state index in [1.54, 1.807) is 6.55 Å². The number of rotatable bonds is 3. The van der Waals surface area contributed by atoms with Gasteiger partial charge in [0.1, 0.15) is 0 Å². The molecule has 0 saturated carbocycles. The van der Waals surface area contributed by atoms with Crippen molar-refractivity contribution in [1.82, 2.24) is 0 Å². The van der Waals surface area contributed by atoms with Crippen molar-refractivity contribution in [2.24, 2.45) is 0 Å². The van der Waals surface area contributed by atoms with Crippen molar-refractivity contribution in [3.05, 3.63) is 0 Å². The molecule has 0 fully saturated rings. The van der Waals surface area contributed by atoms with Gasteiger partial charge in [-0.25, -0.2) is 0 Å². The van der Waals surface area contributed by atoms with Gasteiger partial charge in [-0.3, -0.25) is 0 Å². The summed E-state index contributed by atoms with van der Waals surface area (Å²) in [4.78, 5) is 17.7. The smallest absolute Gasteiger partial charge is 0.329 e. The standard InChI is InChI=1S/C5H14O2Si/c1-3-4-5-8(2,6)7/h6-7H,3-5H2,1-2H3. The van der Waals surface area contributed by atoms with Crippen LogP contribution in [-0.2, 0) is 0 Å². The van der Waals surface area contributed by atoms with E-state index in [0.29, 0.717) is 6.04 Å². The Bertz CT molecular complexity index is 57.9. The summed E-state index contributed by atoms with van der Waals surface area (Å²) in [5, 5.41) is 0. The molecule has 0 aromatic heterocycles. The highest BCUT2D eigenvalue weighted by atomic mass is 28.4. The third-order valence-corrected chi connectivity index (χ3v) is 2.30. The molecule has 0 rings (SSSR count). The van der Waals surface area contributed by atoms with Gasteiger partial charge in [0.2, 0.25) is 0 Å². The topological polar surface area (TPSA) is 40.5 Å². The van der Waals surface area contributed by atoms with Crippen LogP contribution in [0.15, 0.2) is 0 Å². The van der Waals surface area contributed by atoms with E-state index in [4.69, 9.17) is 9.59 Å². The predicted octanol–water partition coefficient (Wildman–Crippen LogP) is 0.843. The van der Waals surface area contributed by atoms with Crippen LogP contribution in [0.25, 0.3) is 0 Å². The molecule has 0 aliphatic heterocycles. The van der Waals surface area contributed by atoms with E-state index >= 15 is 0 Å². The maximum Gasteiger partial charge on any atom is 0.329 e. The maximum atomic E-state index is 8.84. The van der Waals surface area contributed by atoms with Crippen molar-refractivity contribution in [1.29, 1.82) is 0 Å². The number of hydrogen-bond acceptors (Lipinski definition) is 2. The van der Waals surface area contributed by atoms with Gasteiger partial charge in [0.25, 0.3) is 0 Å². The summed E-state index contributed by atoms with van der Waals surface area (Å²) in [6, 6.07) is 0.615. The second kappa shape index (κ2) is 3.22. The zero-order chi connectivity index (χ0) is 6.62. The van der Waals surface area contributed by atoms with Crippen molar-refractivity contribution in [2.45, 2.75) is 32.4 Å². The fraction of sp³-hybridized carbons (Fsp3) is 1.00. The summed E-state index contributed by atoms with van der Waals surface area (Å²) in [5.74, 6) is 0. The first-order chi connectivity index (χ1) is 3.56. The second-order valence-electron chi connectivity index (χ2n) is 2.32. The van der Waals surface area contributed by atoms with E-state index < -0.39 is 8.56 Å². The summed E-state index contributed by atoms with van der Waals surface area (Å²) in [6.45, 7) is 3.59. The molecule has 0 aliphatic carbocycles. The minimum Gasteiger partial charge on any atom is -0.411 e. The maximum absolute atomic E-state index is 8.84. The fourth-order valence-electron chi connectivity index (χ4n) is 0.512. The molecule has 0 aromatic rings. The quantitative estimate of drug-likeness (QED) is 0.562. The summed E-state index contributed by atoms with van der Waals surface area (Å²) >= 11 is 0. The third kappa shape index (κ3) is 6.14. The molecular formula is C5H14O2Si. The summed E-state index contributed by atoms with van der Waals surface area (Å²) in [6.07, 6.45) is 1.99. The molecule has 0 amide bonds. The molecule has 0 heterocycles. The highest BCUT2D eigenvalue weighted by Gasteiger charge is 2.18. The first-order valence-corrected chi connectivity index (χ1v) is 5.61. The Morgan fingerprint density at radius 1 is 1.38 bits per heavy atom. The second-order valence-corrected chi connectivity index (χ2v) is 5.25. The Morgan fingerprint density at radius 3 is 2.00 bits per heavy atom. The first-order valence-electron chi connectivity index (χ1n) is 3.01. The van der Waals surface area contributed by atoms with E-state index in [2.05, 4.69) is 0 Å². The number of unbranched alkanes of at least 4 members (excludes halogenated alkanes) is 1. The van der Waals surface area contributed by atoms with Crippen LogP contribution in [0.2, 0.25) is 12.6 Å². The minimum atomic E-state index is -2.68. The highest BCUT2D eigenvalue weighted by molar-refractivity contribution is 6.63. The zero-order valence-electron chi connectivity index (χ0n) is 5.52. The molecule has 0 spiro atoms. The van der Waals surface area contributed by atoms with Crippen LogP contribution in [0.3, 0.4) is 0 Å². The Labute approximate surface area is 51.4 Å². The molecule has 8 heavy (non-hydrogen) atoms. The van der Waals surface area contributed by atoms with Crippen LogP contribution in [-0.4, -0.2) is 18.2 Å². The SMILES string of the molecule is CCCC[Si](C)(O)O. The van der Waals surface area contributed by atoms with Crippen molar-refractivity contribution < 1.29 is 9.59 Å². The van der Waals surface area contributed by atoms with Crippen molar-refractivity contribution in [3.8, 4) is 0 Å². The van der Waals surface area contributed by atoms with Gasteiger partial charge in [0.15, 0.2) is 0 Å². The molecule has 0 atom stereocenters. The van der Waals surface area contributed by atoms with Gasteiger partial charge in [-0.05, 0) is 12.6 Å². The normalized spacial score (nSPS) is 12.0. The monoisotopic (exact) mass is 134 g/mol. The molecule has 0 unspecified atom stereocenters. The lowest BCUT2D eigenvalue weighted by Gasteiger charge is -2.09. The minimum absolute atomic E-state index is 0.615. The zero-order valence-corrected chi connectivity index (χ0v) is 6.52. The summed E-state index contributed by atoms with van der Waals surface area (Å²) in [7, 11) is -2.68. The highest BCUT2D eigenvalue weighted by Crippen LogP contribution is 2.05. The molecule has 0 aromatic carbocycles. The Morgan fingerprint density at radius 2 is 1.88 bits per heavy atom. The van der Waals surface area contributed by atoms with E-state index in [1.165, 1.54) is 0 Å². The van der Waals surface area contributed by atoms with Crippen molar-refractivity contribution >= 4 is 8.56 Å². The van der Waals surface area contributed by atoms with Crippen molar-refractivity contribution in [2.75, 3.05) is 0 Å². The molecule has 0 aliphatic rings. The number of hydrogen-bond donors (Lipinski definition) is 2. The predicted molar refractivity (Wildman–Crippen MR) is 35.8 cm³/mol. The molecule has 2 nitrogen and oxygen atoms in total. The van der Waals surface area contributed by atoms with Crippen LogP contribution < -0.4 is 0 Å². The van der Waals surface area contributed by atoms with Gasteiger partial charge in [-0.1, -0.05) is 19.8 Å². The summed E-state index contributed by atoms with van der Waals surface area (Å²) in [5.41, 5.74) is 0. The molecule has 0 radical (unpaired) electrons. The van der Waals surface area contributed by atoms with Crippen LogP contribution in [0.1, 0.15) is 19.8 Å². The molecule has 2 N–H and O–H groups in total. The van der Waals surface area contributed by atoms with Gasteiger partial charge in [-0.15, -0.1) is 0 Å². The van der Waals surface area contributed by atoms with Crippen molar-refractivity contribution in [3.63, 3.8) is 0 Å². The Hall–Kier alpha value is 0.137. The Kier molecular flexibility index (Phi) is 3.27. The van der Waals surface area contributed by atoms with Crippen LogP contribution in [0.5, 0.6) is 0 Å². The van der Waals surface area contributed by atoms with E-state index in [1.807, 2.05) is 6.92 Å². The largest absolute Gasteiger partial charge is 0.411 e. The molecule has 0 saturated heterocycles. The lowest BCUT2D eigenvalue weighted by atomic mass is 10.4. The van der Waals surface area contributed by atoms with E-state index in [0.717, 1.165) is 12.8 Å². The fourth-order valence-corrected chi connectivity index (χ4v) is 1.54. The first kappa shape index (κ1) is 8.14. The molecular weight excluding hydrogens is 120 g/mol. The lowest BCUT2D eigenvalue weighted by Crippen LogP contribution is -2.28. The van der Waals surface area contributed by atoms with Gasteiger partial charge in [-0.2, -0.15) is 0 Å². The third-order valence-electron chi connectivity index (χ3n) is 1.00. The average Bonchev–Trinajstić information content (AvgIpc) is 1.59. The van der Waals surface area contributed by atoms with Gasteiger partial charge < -0.3 is 9.59 Å². The van der Waals surface area contributed by atoms with E-state index in [9.17, 15) is 0 Å². The van der Waals surface area contributed by atoms with Crippen LogP contribution in [0, 0.1) is 0 Å². The molecule has 50 valence electrons. The van der Waals surface area contributed by atoms with Crippen LogP contribution in [0.4, 0.5) is 0 Å². The van der Waals surface area contributed by atoms with Crippen LogP contribution >= 0.6 is 0 Å². The summed E-state index contributed by atoms with van der Waals surface area (Å²) < 4.78 is 0. The average molecular weight is 134 g/mol. The molecule has 0 bridgehead atoms. The van der Waals surface area contributed by atoms with Gasteiger partial charge in [0, 0.05) is 0 Å². The molecule has 3 heteroatoms. The van der Waals surface area contributed by atoms with Gasteiger partial charge in [0.05, 0.1) is 0 Å². The Balaban J connectivity index is 3.11. The van der Waals surface area contributed by atoms with E-state index in [-0.39, 0.29) is 0 Å².